The van der Waals surface area contributed by atoms with Crippen molar-refractivity contribution in [2.75, 3.05) is 26.2 Å². The predicted octanol–water partition coefficient (Wildman–Crippen LogP) is 4.11. The van der Waals surface area contributed by atoms with Gasteiger partial charge in [-0.2, -0.15) is 0 Å². The lowest BCUT2D eigenvalue weighted by Gasteiger charge is -2.26. The molecule has 2 N–H and O–H groups in total. The fourth-order valence-electron chi connectivity index (χ4n) is 4.35. The number of halogens is 1. The van der Waals surface area contributed by atoms with E-state index in [9.17, 15) is 4.79 Å². The van der Waals surface area contributed by atoms with Gasteiger partial charge in [0.15, 0.2) is 5.96 Å². The number of nitrogens with zero attached hydrogens (tertiary/aromatic N) is 3. The van der Waals surface area contributed by atoms with Crippen LogP contribution in [0, 0.1) is 5.92 Å². The van der Waals surface area contributed by atoms with E-state index in [1.165, 1.54) is 19.3 Å². The largest absolute Gasteiger partial charge is 0.477 e. The van der Waals surface area contributed by atoms with Crippen LogP contribution in [-0.2, 0) is 11.3 Å². The van der Waals surface area contributed by atoms with Crippen LogP contribution in [0.15, 0.2) is 23.3 Å². The van der Waals surface area contributed by atoms with Crippen molar-refractivity contribution in [3.8, 4) is 5.88 Å². The number of pyridine rings is 1. The molecule has 1 amide bonds. The third-order valence-corrected chi connectivity index (χ3v) is 6.13. The Morgan fingerprint density at radius 2 is 2.06 bits per heavy atom. The van der Waals surface area contributed by atoms with E-state index in [-0.39, 0.29) is 35.9 Å². The summed E-state index contributed by atoms with van der Waals surface area (Å²) < 4.78 is 5.84. The van der Waals surface area contributed by atoms with Gasteiger partial charge in [0.25, 0.3) is 0 Å². The molecule has 8 heteroatoms. The Balaban J connectivity index is 0.00000363. The van der Waals surface area contributed by atoms with Crippen LogP contribution in [0.1, 0.15) is 70.8 Å². The topological polar surface area (TPSA) is 78.9 Å². The number of hydrogen-bond acceptors (Lipinski definition) is 4. The molecule has 2 aliphatic rings. The van der Waals surface area contributed by atoms with Gasteiger partial charge in [-0.15, -0.1) is 24.0 Å². The first kappa shape index (κ1) is 26.7. The summed E-state index contributed by atoms with van der Waals surface area (Å²) in [6.45, 7) is 7.78. The van der Waals surface area contributed by atoms with Crippen LogP contribution >= 0.6 is 24.0 Å². The van der Waals surface area contributed by atoms with Crippen LogP contribution in [-0.4, -0.2) is 54.0 Å². The normalized spacial score (nSPS) is 19.4. The zero-order valence-corrected chi connectivity index (χ0v) is 22.0. The molecular weight excluding hydrogens is 517 g/mol. The summed E-state index contributed by atoms with van der Waals surface area (Å²) >= 11 is 0. The standard InChI is InChI=1S/C24H39N5O2.HI/c1-3-5-16-31-22-20(12-9-14-26-22)17-27-24(25-4-2)28-21-13-15-29(18-21)23(30)19-10-7-6-8-11-19;/h9,12,14,19,21H,3-8,10-11,13,15-18H2,1-2H3,(H2,25,27,28);1H. The van der Waals surface area contributed by atoms with E-state index in [1.54, 1.807) is 6.20 Å². The SMILES string of the molecule is CCCCOc1ncccc1CN=C(NCC)NC1CCN(C(=O)C2CCCCC2)C1.I. The number of guanidine groups is 1. The molecule has 1 aliphatic heterocycles. The molecule has 0 aromatic carbocycles. The highest BCUT2D eigenvalue weighted by molar-refractivity contribution is 14.0. The van der Waals surface area contributed by atoms with Crippen molar-refractivity contribution in [3.63, 3.8) is 0 Å². The number of hydrogen-bond donors (Lipinski definition) is 2. The molecule has 1 unspecified atom stereocenters. The first-order valence-corrected chi connectivity index (χ1v) is 12.1. The van der Waals surface area contributed by atoms with E-state index < -0.39 is 0 Å². The van der Waals surface area contributed by atoms with E-state index in [2.05, 4.69) is 34.4 Å². The number of likely N-dealkylation sites (tertiary alicyclic amines) is 1. The second-order valence-corrected chi connectivity index (χ2v) is 8.61. The number of aromatic nitrogens is 1. The summed E-state index contributed by atoms with van der Waals surface area (Å²) in [6, 6.07) is 4.17. The van der Waals surface area contributed by atoms with Crippen LogP contribution in [0.25, 0.3) is 0 Å². The van der Waals surface area contributed by atoms with Crippen LogP contribution in [0.4, 0.5) is 0 Å². The van der Waals surface area contributed by atoms with Crippen LogP contribution in [0.2, 0.25) is 0 Å². The van der Waals surface area contributed by atoms with Crippen LogP contribution in [0.3, 0.4) is 0 Å². The van der Waals surface area contributed by atoms with Crippen molar-refractivity contribution in [3.05, 3.63) is 23.9 Å². The molecule has 1 aromatic rings. The highest BCUT2D eigenvalue weighted by Gasteiger charge is 2.31. The Hall–Kier alpha value is -1.58. The molecule has 1 saturated heterocycles. The molecule has 180 valence electrons. The molecule has 1 aromatic heterocycles. The molecule has 0 bridgehead atoms. The van der Waals surface area contributed by atoms with Crippen LogP contribution in [0.5, 0.6) is 5.88 Å². The van der Waals surface area contributed by atoms with Crippen LogP contribution < -0.4 is 15.4 Å². The monoisotopic (exact) mass is 557 g/mol. The molecule has 1 saturated carbocycles. The van der Waals surface area contributed by atoms with Gasteiger partial charge in [0.1, 0.15) is 0 Å². The van der Waals surface area contributed by atoms with Gasteiger partial charge in [-0.25, -0.2) is 9.98 Å². The van der Waals surface area contributed by atoms with Gasteiger partial charge < -0.3 is 20.3 Å². The third kappa shape index (κ3) is 8.08. The number of amides is 1. The van der Waals surface area contributed by atoms with Gasteiger partial charge in [0.05, 0.1) is 13.2 Å². The molecule has 3 rings (SSSR count). The Morgan fingerprint density at radius 3 is 2.81 bits per heavy atom. The number of rotatable bonds is 9. The van der Waals surface area contributed by atoms with E-state index in [1.807, 2.05) is 12.1 Å². The Kier molecular flexibility index (Phi) is 12.1. The summed E-state index contributed by atoms with van der Waals surface area (Å²) in [5.41, 5.74) is 0.983. The lowest BCUT2D eigenvalue weighted by atomic mass is 9.88. The smallest absolute Gasteiger partial charge is 0.225 e. The van der Waals surface area contributed by atoms with E-state index in [0.29, 0.717) is 24.9 Å². The number of aliphatic imine (C=N–C) groups is 1. The summed E-state index contributed by atoms with van der Waals surface area (Å²) in [7, 11) is 0. The Labute approximate surface area is 210 Å². The van der Waals surface area contributed by atoms with Crippen molar-refractivity contribution < 1.29 is 9.53 Å². The molecule has 2 fully saturated rings. The van der Waals surface area contributed by atoms with E-state index in [4.69, 9.17) is 9.73 Å². The highest BCUT2D eigenvalue weighted by atomic mass is 127. The molecule has 0 radical (unpaired) electrons. The molecule has 0 spiro atoms. The average molecular weight is 558 g/mol. The molecule has 2 heterocycles. The molecule has 1 atom stereocenters. The minimum Gasteiger partial charge on any atom is -0.477 e. The number of unbranched alkanes of at least 4 members (excludes halogenated alkanes) is 1. The van der Waals surface area contributed by atoms with Crippen molar-refractivity contribution in [1.29, 1.82) is 0 Å². The maximum atomic E-state index is 12.8. The van der Waals surface area contributed by atoms with Crippen molar-refractivity contribution in [2.24, 2.45) is 10.9 Å². The number of carbonyl (C=O) groups is 1. The summed E-state index contributed by atoms with van der Waals surface area (Å²) in [5.74, 6) is 2.05. The molecule has 32 heavy (non-hydrogen) atoms. The highest BCUT2D eigenvalue weighted by Crippen LogP contribution is 2.26. The van der Waals surface area contributed by atoms with Gasteiger partial charge in [-0.1, -0.05) is 38.7 Å². The zero-order valence-electron chi connectivity index (χ0n) is 19.6. The molecule has 7 nitrogen and oxygen atoms in total. The molecule has 1 aliphatic carbocycles. The zero-order chi connectivity index (χ0) is 21.9. The lowest BCUT2D eigenvalue weighted by molar-refractivity contribution is -0.135. The first-order valence-electron chi connectivity index (χ1n) is 12.1. The summed E-state index contributed by atoms with van der Waals surface area (Å²) in [5, 5.41) is 6.86. The van der Waals surface area contributed by atoms with Crippen molar-refractivity contribution in [1.82, 2.24) is 20.5 Å². The quantitative estimate of drug-likeness (QED) is 0.207. The average Bonchev–Trinajstić information content (AvgIpc) is 3.27. The van der Waals surface area contributed by atoms with Gasteiger partial charge in [0.2, 0.25) is 11.8 Å². The summed E-state index contributed by atoms with van der Waals surface area (Å²) in [4.78, 5) is 24.0. The van der Waals surface area contributed by atoms with Crippen molar-refractivity contribution in [2.45, 2.75) is 77.8 Å². The maximum Gasteiger partial charge on any atom is 0.225 e. The minimum atomic E-state index is 0. The van der Waals surface area contributed by atoms with E-state index in [0.717, 1.165) is 63.3 Å². The predicted molar refractivity (Wildman–Crippen MR) is 140 cm³/mol. The fourth-order valence-corrected chi connectivity index (χ4v) is 4.35. The first-order chi connectivity index (χ1) is 15.2. The van der Waals surface area contributed by atoms with Gasteiger partial charge >= 0.3 is 0 Å². The molecular formula is C24H40IN5O2. The van der Waals surface area contributed by atoms with Gasteiger partial charge in [0, 0.05) is 43.4 Å². The van der Waals surface area contributed by atoms with Gasteiger partial charge in [-0.3, -0.25) is 4.79 Å². The van der Waals surface area contributed by atoms with Crippen molar-refractivity contribution >= 4 is 35.8 Å². The minimum absolute atomic E-state index is 0. The number of nitrogens with one attached hydrogen (secondary N) is 2. The lowest BCUT2D eigenvalue weighted by Crippen LogP contribution is -2.45. The Bertz CT molecular complexity index is 724. The second kappa shape index (κ2) is 14.5. The maximum absolute atomic E-state index is 12.8. The van der Waals surface area contributed by atoms with E-state index >= 15 is 0 Å². The van der Waals surface area contributed by atoms with Gasteiger partial charge in [-0.05, 0) is 38.7 Å². The number of ether oxygens (including phenoxy) is 1. The second-order valence-electron chi connectivity index (χ2n) is 8.61. The fraction of sp³-hybridized carbons (Fsp3) is 0.708. The number of carbonyl (C=O) groups excluding carboxylic acids is 1. The summed E-state index contributed by atoms with van der Waals surface area (Å²) in [6.07, 6.45) is 10.6. The third-order valence-electron chi connectivity index (χ3n) is 6.13. The Morgan fingerprint density at radius 1 is 1.25 bits per heavy atom.